The van der Waals surface area contributed by atoms with E-state index in [1.54, 1.807) is 11.3 Å². The van der Waals surface area contributed by atoms with Crippen LogP contribution in [0.3, 0.4) is 0 Å². The van der Waals surface area contributed by atoms with Gasteiger partial charge in [0.1, 0.15) is 5.75 Å². The van der Waals surface area contributed by atoms with Crippen molar-refractivity contribution < 1.29 is 13.9 Å². The van der Waals surface area contributed by atoms with E-state index in [1.807, 2.05) is 42.2 Å². The molecule has 4 rings (SSSR count). The Hall–Kier alpha value is -2.32. The quantitative estimate of drug-likeness (QED) is 0.530. The van der Waals surface area contributed by atoms with Crippen molar-refractivity contribution in [2.45, 2.75) is 37.6 Å². The number of hydrogen-bond acceptors (Lipinski definition) is 7. The number of carbonyl (C=O) groups is 1. The van der Waals surface area contributed by atoms with Crippen molar-refractivity contribution in [2.24, 2.45) is 0 Å². The lowest BCUT2D eigenvalue weighted by atomic mass is 10.2. The predicted octanol–water partition coefficient (Wildman–Crippen LogP) is 4.47. The minimum atomic E-state index is 0.108. The molecule has 8 heteroatoms. The zero-order chi connectivity index (χ0) is 19.3. The molecule has 1 aromatic carbocycles. The first-order valence-corrected chi connectivity index (χ1v) is 11.0. The van der Waals surface area contributed by atoms with Gasteiger partial charge in [0.25, 0.3) is 11.1 Å². The summed E-state index contributed by atoms with van der Waals surface area (Å²) in [5.74, 6) is 1.56. The van der Waals surface area contributed by atoms with Crippen LogP contribution in [0.25, 0.3) is 0 Å². The van der Waals surface area contributed by atoms with E-state index < -0.39 is 0 Å². The summed E-state index contributed by atoms with van der Waals surface area (Å²) >= 11 is 2.98. The number of rotatable bonds is 7. The minimum Gasteiger partial charge on any atom is -0.484 e. The molecule has 1 aliphatic rings. The van der Waals surface area contributed by atoms with Gasteiger partial charge in [0.05, 0.1) is 11.8 Å². The third-order valence-corrected chi connectivity index (χ3v) is 6.34. The van der Waals surface area contributed by atoms with Gasteiger partial charge in [0, 0.05) is 11.4 Å². The number of nitrogens with zero attached hydrogens (tertiary/aromatic N) is 3. The second kappa shape index (κ2) is 8.79. The highest BCUT2D eigenvalue weighted by Gasteiger charge is 2.30. The maximum Gasteiger partial charge on any atom is 0.277 e. The molecule has 1 fully saturated rings. The molecule has 1 unspecified atom stereocenters. The Labute approximate surface area is 171 Å². The van der Waals surface area contributed by atoms with E-state index >= 15 is 0 Å². The van der Waals surface area contributed by atoms with Gasteiger partial charge in [-0.1, -0.05) is 30.0 Å². The van der Waals surface area contributed by atoms with Crippen molar-refractivity contribution in [1.29, 1.82) is 0 Å². The summed E-state index contributed by atoms with van der Waals surface area (Å²) in [5.41, 5.74) is 1.13. The van der Waals surface area contributed by atoms with Crippen LogP contribution in [0.4, 0.5) is 0 Å². The van der Waals surface area contributed by atoms with Gasteiger partial charge < -0.3 is 14.1 Å². The van der Waals surface area contributed by atoms with Gasteiger partial charge in [-0.3, -0.25) is 4.79 Å². The summed E-state index contributed by atoms with van der Waals surface area (Å²) in [7, 11) is 0. The second-order valence-electron chi connectivity index (χ2n) is 6.62. The van der Waals surface area contributed by atoms with E-state index in [9.17, 15) is 4.79 Å². The standard InChI is InChI=1S/C20H21N3O3S2/c1-14-5-2-6-15(11-14)25-12-18-21-22-20(26-18)28-13-19(24)23-9-3-7-16(23)17-8-4-10-27-17/h2,4-6,8,10-11,16H,3,7,9,12-13H2,1H3. The van der Waals surface area contributed by atoms with Gasteiger partial charge in [-0.25, -0.2) is 0 Å². The highest BCUT2D eigenvalue weighted by molar-refractivity contribution is 7.99. The van der Waals surface area contributed by atoms with Crippen LogP contribution in [0.1, 0.15) is 35.2 Å². The van der Waals surface area contributed by atoms with Crippen LogP contribution < -0.4 is 4.74 Å². The molecular weight excluding hydrogens is 394 g/mol. The summed E-state index contributed by atoms with van der Waals surface area (Å²) in [5, 5.41) is 10.5. The molecule has 0 N–H and O–H groups in total. The Bertz CT molecular complexity index is 926. The average molecular weight is 416 g/mol. The molecule has 0 aliphatic carbocycles. The van der Waals surface area contributed by atoms with E-state index in [4.69, 9.17) is 9.15 Å². The highest BCUT2D eigenvalue weighted by atomic mass is 32.2. The average Bonchev–Trinajstić information content (AvgIpc) is 3.45. The third-order valence-electron chi connectivity index (χ3n) is 4.56. The SMILES string of the molecule is Cc1cccc(OCc2nnc(SCC(=O)N3CCCC3c3cccs3)o2)c1. The first-order chi connectivity index (χ1) is 13.7. The number of benzene rings is 1. The van der Waals surface area contributed by atoms with Crippen LogP contribution in [0.5, 0.6) is 5.75 Å². The Morgan fingerprint density at radius 1 is 1.36 bits per heavy atom. The van der Waals surface area contributed by atoms with Crippen LogP contribution in [0, 0.1) is 6.92 Å². The molecule has 1 atom stereocenters. The Balaban J connectivity index is 1.29. The Morgan fingerprint density at radius 2 is 2.29 bits per heavy atom. The van der Waals surface area contributed by atoms with E-state index in [0.717, 1.165) is 30.7 Å². The fourth-order valence-electron chi connectivity index (χ4n) is 3.25. The molecule has 0 bridgehead atoms. The number of likely N-dealkylation sites (tertiary alicyclic amines) is 1. The normalized spacial score (nSPS) is 16.5. The summed E-state index contributed by atoms with van der Waals surface area (Å²) in [6, 6.07) is 12.1. The maximum atomic E-state index is 12.7. The molecule has 3 aromatic rings. The van der Waals surface area contributed by atoms with Crippen molar-refractivity contribution in [1.82, 2.24) is 15.1 Å². The number of aromatic nitrogens is 2. The van der Waals surface area contributed by atoms with Crippen molar-refractivity contribution in [2.75, 3.05) is 12.3 Å². The molecule has 1 amide bonds. The molecule has 0 saturated carbocycles. The van der Waals surface area contributed by atoms with Crippen LogP contribution in [-0.4, -0.2) is 33.3 Å². The van der Waals surface area contributed by atoms with E-state index in [2.05, 4.69) is 21.6 Å². The smallest absolute Gasteiger partial charge is 0.277 e. The first kappa shape index (κ1) is 19.0. The number of ether oxygens (including phenoxy) is 1. The van der Waals surface area contributed by atoms with Gasteiger partial charge in [-0.2, -0.15) is 0 Å². The number of hydrogen-bond donors (Lipinski definition) is 0. The van der Waals surface area contributed by atoms with Gasteiger partial charge in [0.2, 0.25) is 5.91 Å². The fourth-order valence-corrected chi connectivity index (χ4v) is 4.79. The Morgan fingerprint density at radius 3 is 3.11 bits per heavy atom. The number of thiophene rings is 1. The molecule has 1 saturated heterocycles. The summed E-state index contributed by atoms with van der Waals surface area (Å²) in [6.45, 7) is 3.02. The van der Waals surface area contributed by atoms with Crippen LogP contribution in [0.2, 0.25) is 0 Å². The molecular formula is C20H21N3O3S2. The second-order valence-corrected chi connectivity index (χ2v) is 8.52. The van der Waals surface area contributed by atoms with E-state index in [0.29, 0.717) is 16.9 Å². The minimum absolute atomic E-state index is 0.108. The zero-order valence-electron chi connectivity index (χ0n) is 15.5. The monoisotopic (exact) mass is 415 g/mol. The topological polar surface area (TPSA) is 68.5 Å². The zero-order valence-corrected chi connectivity index (χ0v) is 17.2. The van der Waals surface area contributed by atoms with Gasteiger partial charge >= 0.3 is 0 Å². The first-order valence-electron chi connectivity index (χ1n) is 9.16. The molecule has 0 spiro atoms. The van der Waals surface area contributed by atoms with E-state index in [1.165, 1.54) is 16.6 Å². The van der Waals surface area contributed by atoms with Crippen molar-refractivity contribution >= 4 is 29.0 Å². The van der Waals surface area contributed by atoms with Gasteiger partial charge in [-0.05, 0) is 48.9 Å². The number of thioether (sulfide) groups is 1. The van der Waals surface area contributed by atoms with Crippen molar-refractivity contribution in [3.63, 3.8) is 0 Å². The summed E-state index contributed by atoms with van der Waals surface area (Å²) < 4.78 is 11.3. The van der Waals surface area contributed by atoms with Crippen LogP contribution in [0.15, 0.2) is 51.4 Å². The molecule has 3 heterocycles. The summed E-state index contributed by atoms with van der Waals surface area (Å²) in [6.07, 6.45) is 2.07. The third kappa shape index (κ3) is 4.56. The van der Waals surface area contributed by atoms with Gasteiger partial charge in [-0.15, -0.1) is 21.5 Å². The van der Waals surface area contributed by atoms with Crippen molar-refractivity contribution in [3.05, 3.63) is 58.1 Å². The molecule has 28 heavy (non-hydrogen) atoms. The summed E-state index contributed by atoms with van der Waals surface area (Å²) in [4.78, 5) is 15.9. The molecule has 6 nitrogen and oxygen atoms in total. The molecule has 1 aliphatic heterocycles. The van der Waals surface area contributed by atoms with Crippen LogP contribution >= 0.6 is 23.1 Å². The van der Waals surface area contributed by atoms with E-state index in [-0.39, 0.29) is 18.6 Å². The molecule has 146 valence electrons. The fraction of sp³-hybridized carbons (Fsp3) is 0.350. The van der Waals surface area contributed by atoms with Crippen molar-refractivity contribution in [3.8, 4) is 5.75 Å². The lowest BCUT2D eigenvalue weighted by Gasteiger charge is -2.23. The number of carbonyl (C=O) groups excluding carboxylic acids is 1. The maximum absolute atomic E-state index is 12.7. The predicted molar refractivity (Wildman–Crippen MR) is 109 cm³/mol. The lowest BCUT2D eigenvalue weighted by Crippen LogP contribution is -2.31. The Kier molecular flexibility index (Phi) is 5.97. The largest absolute Gasteiger partial charge is 0.484 e. The highest BCUT2D eigenvalue weighted by Crippen LogP contribution is 2.35. The van der Waals surface area contributed by atoms with Gasteiger partial charge in [0.15, 0.2) is 6.61 Å². The van der Waals surface area contributed by atoms with Crippen LogP contribution in [-0.2, 0) is 11.4 Å². The molecule has 2 aromatic heterocycles. The number of aryl methyl sites for hydroxylation is 1. The number of amides is 1. The lowest BCUT2D eigenvalue weighted by molar-refractivity contribution is -0.129. The molecule has 0 radical (unpaired) electrons.